The van der Waals surface area contributed by atoms with E-state index in [1.165, 1.54) is 6.20 Å². The summed E-state index contributed by atoms with van der Waals surface area (Å²) in [5.74, 6) is 0. The van der Waals surface area contributed by atoms with Crippen LogP contribution in [0.5, 0.6) is 0 Å². The summed E-state index contributed by atoms with van der Waals surface area (Å²) in [5.41, 5.74) is 1.47. The molecule has 2 N–H and O–H groups in total. The fourth-order valence-corrected chi connectivity index (χ4v) is 1.99. The average molecular weight is 298 g/mol. The van der Waals surface area contributed by atoms with Crippen LogP contribution in [0.15, 0.2) is 36.5 Å². The maximum atomic E-state index is 9.96. The van der Waals surface area contributed by atoms with Crippen molar-refractivity contribution >= 4 is 23.2 Å². The van der Waals surface area contributed by atoms with E-state index in [0.29, 0.717) is 18.8 Å². The first-order chi connectivity index (χ1) is 9.16. The van der Waals surface area contributed by atoms with Gasteiger partial charge in [0, 0.05) is 13.1 Å². The van der Waals surface area contributed by atoms with Crippen molar-refractivity contribution in [2.45, 2.75) is 12.6 Å². The van der Waals surface area contributed by atoms with Crippen molar-refractivity contribution in [1.29, 1.82) is 0 Å². The van der Waals surface area contributed by atoms with E-state index in [1.807, 2.05) is 30.3 Å². The van der Waals surface area contributed by atoms with Crippen molar-refractivity contribution in [3.05, 3.63) is 58.1 Å². The lowest BCUT2D eigenvalue weighted by Gasteiger charge is -2.12. The Hall–Kier alpha value is -1.20. The minimum atomic E-state index is -0.569. The van der Waals surface area contributed by atoms with Crippen LogP contribution in [0.4, 0.5) is 0 Å². The number of nitrogens with one attached hydrogen (secondary N) is 1. The molecular formula is C13H13Cl2N3O. The molecule has 0 bridgehead atoms. The van der Waals surface area contributed by atoms with Gasteiger partial charge in [-0.05, 0) is 5.56 Å². The maximum absolute atomic E-state index is 9.96. The van der Waals surface area contributed by atoms with Gasteiger partial charge in [-0.15, -0.1) is 0 Å². The SMILES string of the molecule is O[C@@H](CNCc1ncc(Cl)nc1Cl)c1ccccc1. The van der Waals surface area contributed by atoms with E-state index in [4.69, 9.17) is 23.2 Å². The summed E-state index contributed by atoms with van der Waals surface area (Å²) < 4.78 is 0. The zero-order valence-corrected chi connectivity index (χ0v) is 11.6. The lowest BCUT2D eigenvalue weighted by atomic mass is 10.1. The average Bonchev–Trinajstić information content (AvgIpc) is 2.42. The van der Waals surface area contributed by atoms with Crippen molar-refractivity contribution in [3.63, 3.8) is 0 Å². The predicted octanol–water partition coefficient (Wildman–Crippen LogP) is 2.61. The molecule has 19 heavy (non-hydrogen) atoms. The van der Waals surface area contributed by atoms with Gasteiger partial charge in [0.1, 0.15) is 5.15 Å². The lowest BCUT2D eigenvalue weighted by Crippen LogP contribution is -2.21. The van der Waals surface area contributed by atoms with Gasteiger partial charge in [-0.25, -0.2) is 4.98 Å². The van der Waals surface area contributed by atoms with Crippen LogP contribution in [0.1, 0.15) is 17.4 Å². The molecule has 0 aliphatic carbocycles. The van der Waals surface area contributed by atoms with Gasteiger partial charge in [-0.1, -0.05) is 53.5 Å². The highest BCUT2D eigenvalue weighted by Crippen LogP contribution is 2.14. The van der Waals surface area contributed by atoms with E-state index >= 15 is 0 Å². The van der Waals surface area contributed by atoms with Crippen LogP contribution in [0.2, 0.25) is 10.3 Å². The molecule has 6 heteroatoms. The monoisotopic (exact) mass is 297 g/mol. The lowest BCUT2D eigenvalue weighted by molar-refractivity contribution is 0.174. The molecule has 2 aromatic rings. The van der Waals surface area contributed by atoms with Crippen molar-refractivity contribution in [3.8, 4) is 0 Å². The summed E-state index contributed by atoms with van der Waals surface area (Å²) in [5, 5.41) is 13.6. The second-order valence-corrected chi connectivity index (χ2v) is 4.73. The Balaban J connectivity index is 1.86. The predicted molar refractivity (Wildman–Crippen MR) is 75.2 cm³/mol. The van der Waals surface area contributed by atoms with Gasteiger partial charge in [-0.2, -0.15) is 0 Å². The van der Waals surface area contributed by atoms with Crippen LogP contribution in [-0.4, -0.2) is 21.6 Å². The van der Waals surface area contributed by atoms with Crippen molar-refractivity contribution in [1.82, 2.24) is 15.3 Å². The van der Waals surface area contributed by atoms with E-state index in [1.54, 1.807) is 0 Å². The molecule has 0 fully saturated rings. The Labute approximate surface area is 121 Å². The van der Waals surface area contributed by atoms with Gasteiger partial charge in [0.25, 0.3) is 0 Å². The molecule has 2 rings (SSSR count). The first kappa shape index (κ1) is 14.2. The van der Waals surface area contributed by atoms with E-state index < -0.39 is 6.10 Å². The number of hydrogen-bond donors (Lipinski definition) is 2. The Morgan fingerprint density at radius 3 is 2.63 bits per heavy atom. The molecule has 1 aromatic carbocycles. The number of nitrogens with zero attached hydrogens (tertiary/aromatic N) is 2. The summed E-state index contributed by atoms with van der Waals surface area (Å²) >= 11 is 11.6. The molecule has 0 aliphatic heterocycles. The van der Waals surface area contributed by atoms with Crippen molar-refractivity contribution in [2.75, 3.05) is 6.54 Å². The second kappa shape index (κ2) is 6.82. The summed E-state index contributed by atoms with van der Waals surface area (Å²) in [7, 11) is 0. The first-order valence-corrected chi connectivity index (χ1v) is 6.53. The van der Waals surface area contributed by atoms with Gasteiger partial charge < -0.3 is 10.4 Å². The molecule has 0 saturated carbocycles. The number of aliphatic hydroxyl groups excluding tert-OH is 1. The van der Waals surface area contributed by atoms with Crippen LogP contribution in [0.3, 0.4) is 0 Å². The molecule has 1 aromatic heterocycles. The molecule has 0 unspecified atom stereocenters. The molecule has 0 radical (unpaired) electrons. The molecule has 1 heterocycles. The Morgan fingerprint density at radius 1 is 1.21 bits per heavy atom. The standard InChI is InChI=1S/C13H13Cl2N3O/c14-12-8-17-10(13(15)18-12)6-16-7-11(19)9-4-2-1-3-5-9/h1-5,8,11,16,19H,6-7H2/t11-/m0/s1. The molecule has 0 amide bonds. The highest BCUT2D eigenvalue weighted by atomic mass is 35.5. The van der Waals surface area contributed by atoms with Crippen molar-refractivity contribution in [2.24, 2.45) is 0 Å². The number of aromatic nitrogens is 2. The number of rotatable bonds is 5. The smallest absolute Gasteiger partial charge is 0.153 e. The van der Waals surface area contributed by atoms with Crippen LogP contribution in [0, 0.1) is 0 Å². The summed E-state index contributed by atoms with van der Waals surface area (Å²) in [6.07, 6.45) is 0.873. The Kier molecular flexibility index (Phi) is 5.10. The minimum absolute atomic E-state index is 0.262. The number of aliphatic hydroxyl groups is 1. The number of hydrogen-bond acceptors (Lipinski definition) is 4. The molecular weight excluding hydrogens is 285 g/mol. The van der Waals surface area contributed by atoms with E-state index in [-0.39, 0.29) is 10.3 Å². The van der Waals surface area contributed by atoms with Gasteiger partial charge >= 0.3 is 0 Å². The fraction of sp³-hybridized carbons (Fsp3) is 0.231. The second-order valence-electron chi connectivity index (χ2n) is 3.99. The third-order valence-electron chi connectivity index (χ3n) is 2.58. The van der Waals surface area contributed by atoms with Gasteiger partial charge in [0.05, 0.1) is 18.0 Å². The van der Waals surface area contributed by atoms with Crippen LogP contribution < -0.4 is 5.32 Å². The minimum Gasteiger partial charge on any atom is -0.387 e. The van der Waals surface area contributed by atoms with Crippen LogP contribution in [0.25, 0.3) is 0 Å². The largest absolute Gasteiger partial charge is 0.387 e. The Morgan fingerprint density at radius 2 is 1.95 bits per heavy atom. The number of halogens is 2. The summed E-state index contributed by atoms with van der Waals surface area (Å²) in [4.78, 5) is 7.97. The zero-order valence-electron chi connectivity index (χ0n) is 10.1. The third kappa shape index (κ3) is 4.14. The fourth-order valence-electron chi connectivity index (χ4n) is 1.61. The van der Waals surface area contributed by atoms with Gasteiger partial charge in [0.2, 0.25) is 0 Å². The molecule has 4 nitrogen and oxygen atoms in total. The van der Waals surface area contributed by atoms with Crippen molar-refractivity contribution < 1.29 is 5.11 Å². The first-order valence-electron chi connectivity index (χ1n) is 5.77. The Bertz CT molecular complexity index is 537. The van der Waals surface area contributed by atoms with Gasteiger partial charge in [-0.3, -0.25) is 4.98 Å². The summed E-state index contributed by atoms with van der Waals surface area (Å²) in [6, 6.07) is 9.44. The van der Waals surface area contributed by atoms with E-state index in [0.717, 1.165) is 5.56 Å². The molecule has 0 aliphatic rings. The maximum Gasteiger partial charge on any atom is 0.153 e. The zero-order chi connectivity index (χ0) is 13.7. The molecule has 0 saturated heterocycles. The molecule has 1 atom stereocenters. The topological polar surface area (TPSA) is 58.0 Å². The van der Waals surface area contributed by atoms with Gasteiger partial charge in [0.15, 0.2) is 5.15 Å². The van der Waals surface area contributed by atoms with Crippen LogP contribution in [-0.2, 0) is 6.54 Å². The highest BCUT2D eigenvalue weighted by Gasteiger charge is 2.08. The van der Waals surface area contributed by atoms with Crippen LogP contribution >= 0.6 is 23.2 Å². The highest BCUT2D eigenvalue weighted by molar-refractivity contribution is 6.32. The van der Waals surface area contributed by atoms with E-state index in [9.17, 15) is 5.11 Å². The normalized spacial score (nSPS) is 12.4. The van der Waals surface area contributed by atoms with E-state index in [2.05, 4.69) is 15.3 Å². The third-order valence-corrected chi connectivity index (χ3v) is 3.07. The summed E-state index contributed by atoms with van der Waals surface area (Å²) in [6.45, 7) is 0.831. The molecule has 0 spiro atoms. The number of benzene rings is 1. The quantitative estimate of drug-likeness (QED) is 0.891. The molecule has 100 valence electrons.